The number of nitrogens with zero attached hydrogens (tertiary/aromatic N) is 4. The highest BCUT2D eigenvalue weighted by Gasteiger charge is 2.25. The number of rotatable bonds is 14. The quantitative estimate of drug-likeness (QED) is 0.275. The van der Waals surface area contributed by atoms with Crippen molar-refractivity contribution in [3.05, 3.63) is 54.6 Å². The molecule has 0 bridgehead atoms. The monoisotopic (exact) mass is 478 g/mol. The molecule has 3 aromatic rings. The van der Waals surface area contributed by atoms with Gasteiger partial charge in [0.1, 0.15) is 5.75 Å². The first-order valence-electron chi connectivity index (χ1n) is 12.5. The molecule has 0 spiro atoms. The van der Waals surface area contributed by atoms with Gasteiger partial charge in [-0.15, -0.1) is 20.4 Å². The fourth-order valence-electron chi connectivity index (χ4n) is 3.50. The highest BCUT2D eigenvalue weighted by Crippen LogP contribution is 2.25. The van der Waals surface area contributed by atoms with Gasteiger partial charge in [0.2, 0.25) is 11.6 Å². The lowest BCUT2D eigenvalue weighted by Crippen LogP contribution is -2.34. The fourth-order valence-corrected chi connectivity index (χ4v) is 3.50. The van der Waals surface area contributed by atoms with Crippen molar-refractivity contribution in [2.45, 2.75) is 71.5 Å². The largest absolute Gasteiger partial charge is 0.493 e. The summed E-state index contributed by atoms with van der Waals surface area (Å²) in [6.45, 7) is 12.6. The standard InChI is InChI=1S/C28H38N4O3/c1-6-18-34-27(3,4)16-20-35-28(5,7-2)17-19-33-24-15-11-14-23(21-24)26-31-29-25(30-32-26)22-12-9-8-10-13-22/h8-15,21H,6-7,16-20H2,1-5H3. The molecule has 0 aliphatic carbocycles. The van der Waals surface area contributed by atoms with Gasteiger partial charge in [-0.2, -0.15) is 0 Å². The molecular formula is C28H38N4O3. The van der Waals surface area contributed by atoms with Crippen LogP contribution in [0.4, 0.5) is 0 Å². The summed E-state index contributed by atoms with van der Waals surface area (Å²) in [6.07, 6.45) is 3.57. The van der Waals surface area contributed by atoms with Crippen LogP contribution in [0.3, 0.4) is 0 Å². The van der Waals surface area contributed by atoms with Gasteiger partial charge in [0.25, 0.3) is 0 Å². The molecular weight excluding hydrogens is 440 g/mol. The Morgan fingerprint density at radius 3 is 2.00 bits per heavy atom. The van der Waals surface area contributed by atoms with E-state index >= 15 is 0 Å². The summed E-state index contributed by atoms with van der Waals surface area (Å²) in [5.41, 5.74) is 1.27. The van der Waals surface area contributed by atoms with Crippen LogP contribution in [0.25, 0.3) is 22.8 Å². The van der Waals surface area contributed by atoms with E-state index in [-0.39, 0.29) is 11.2 Å². The summed E-state index contributed by atoms with van der Waals surface area (Å²) >= 11 is 0. The molecule has 0 amide bonds. The van der Waals surface area contributed by atoms with E-state index in [1.54, 1.807) is 0 Å². The van der Waals surface area contributed by atoms with E-state index in [1.807, 2.05) is 54.6 Å². The van der Waals surface area contributed by atoms with Crippen LogP contribution >= 0.6 is 0 Å². The van der Waals surface area contributed by atoms with Gasteiger partial charge in [-0.1, -0.05) is 56.3 Å². The summed E-state index contributed by atoms with van der Waals surface area (Å²) < 4.78 is 18.3. The molecule has 7 heteroatoms. The third-order valence-electron chi connectivity index (χ3n) is 6.10. The van der Waals surface area contributed by atoms with Crippen molar-refractivity contribution >= 4 is 0 Å². The Morgan fingerprint density at radius 2 is 1.34 bits per heavy atom. The highest BCUT2D eigenvalue weighted by molar-refractivity contribution is 5.58. The van der Waals surface area contributed by atoms with E-state index in [4.69, 9.17) is 14.2 Å². The van der Waals surface area contributed by atoms with Crippen molar-refractivity contribution in [3.63, 3.8) is 0 Å². The third kappa shape index (κ3) is 8.37. The zero-order valence-corrected chi connectivity index (χ0v) is 21.7. The van der Waals surface area contributed by atoms with Gasteiger partial charge in [0, 0.05) is 24.2 Å². The molecule has 0 saturated carbocycles. The maximum Gasteiger partial charge on any atom is 0.203 e. The van der Waals surface area contributed by atoms with Gasteiger partial charge in [-0.05, 0) is 52.2 Å². The molecule has 35 heavy (non-hydrogen) atoms. The van der Waals surface area contributed by atoms with Crippen LogP contribution in [0, 0.1) is 0 Å². The Kier molecular flexibility index (Phi) is 9.69. The van der Waals surface area contributed by atoms with Crippen molar-refractivity contribution < 1.29 is 14.2 Å². The normalized spacial score (nSPS) is 13.4. The summed E-state index contributed by atoms with van der Waals surface area (Å²) in [4.78, 5) is 0. The van der Waals surface area contributed by atoms with Gasteiger partial charge in [0.05, 0.1) is 24.4 Å². The minimum atomic E-state index is -0.247. The predicted molar refractivity (Wildman–Crippen MR) is 138 cm³/mol. The molecule has 0 radical (unpaired) electrons. The second kappa shape index (κ2) is 12.7. The summed E-state index contributed by atoms with van der Waals surface area (Å²) in [7, 11) is 0. The molecule has 7 nitrogen and oxygen atoms in total. The van der Waals surface area contributed by atoms with Crippen LogP contribution in [0.15, 0.2) is 54.6 Å². The molecule has 0 aliphatic heterocycles. The van der Waals surface area contributed by atoms with Gasteiger partial charge >= 0.3 is 0 Å². The smallest absolute Gasteiger partial charge is 0.203 e. The molecule has 1 atom stereocenters. The van der Waals surface area contributed by atoms with E-state index < -0.39 is 0 Å². The van der Waals surface area contributed by atoms with Crippen molar-refractivity contribution in [1.29, 1.82) is 0 Å². The average Bonchev–Trinajstić information content (AvgIpc) is 2.88. The minimum Gasteiger partial charge on any atom is -0.493 e. The Bertz CT molecular complexity index is 1030. The number of benzene rings is 2. The summed E-state index contributed by atoms with van der Waals surface area (Å²) in [6, 6.07) is 17.4. The first-order valence-corrected chi connectivity index (χ1v) is 12.5. The molecule has 1 unspecified atom stereocenters. The molecule has 1 heterocycles. The van der Waals surface area contributed by atoms with Crippen LogP contribution in [0.2, 0.25) is 0 Å². The van der Waals surface area contributed by atoms with E-state index in [1.165, 1.54) is 0 Å². The lowest BCUT2D eigenvalue weighted by Gasteiger charge is -2.31. The lowest BCUT2D eigenvalue weighted by molar-refractivity contribution is -0.0851. The number of hydrogen-bond acceptors (Lipinski definition) is 7. The van der Waals surface area contributed by atoms with E-state index in [0.717, 1.165) is 49.2 Å². The first kappa shape index (κ1) is 26.7. The lowest BCUT2D eigenvalue weighted by atomic mass is 9.99. The number of aromatic nitrogens is 4. The molecule has 0 aliphatic rings. The first-order chi connectivity index (χ1) is 16.8. The maximum absolute atomic E-state index is 6.28. The average molecular weight is 479 g/mol. The molecule has 2 aromatic carbocycles. The topological polar surface area (TPSA) is 79.2 Å². The van der Waals surface area contributed by atoms with Gasteiger partial charge in [-0.3, -0.25) is 0 Å². The van der Waals surface area contributed by atoms with Gasteiger partial charge in [0.15, 0.2) is 0 Å². The van der Waals surface area contributed by atoms with Crippen LogP contribution in [-0.2, 0) is 9.47 Å². The van der Waals surface area contributed by atoms with E-state index in [9.17, 15) is 0 Å². The number of hydrogen-bond donors (Lipinski definition) is 0. The SMILES string of the molecule is CCCOC(C)(C)CCOC(C)(CC)CCOc1cccc(-c2nnc(-c3ccccc3)nn2)c1. The predicted octanol–water partition coefficient (Wildman–Crippen LogP) is 6.15. The number of ether oxygens (including phenoxy) is 3. The summed E-state index contributed by atoms with van der Waals surface area (Å²) in [5.74, 6) is 1.72. The highest BCUT2D eigenvalue weighted by atomic mass is 16.5. The third-order valence-corrected chi connectivity index (χ3v) is 6.10. The zero-order chi connectivity index (χ0) is 25.2. The molecule has 0 saturated heterocycles. The summed E-state index contributed by atoms with van der Waals surface area (Å²) in [5, 5.41) is 17.0. The maximum atomic E-state index is 6.28. The second-order valence-corrected chi connectivity index (χ2v) is 9.55. The van der Waals surface area contributed by atoms with Crippen LogP contribution in [0.1, 0.15) is 60.3 Å². The Morgan fingerprint density at radius 1 is 0.686 bits per heavy atom. The molecule has 0 fully saturated rings. The van der Waals surface area contributed by atoms with Gasteiger partial charge < -0.3 is 14.2 Å². The van der Waals surface area contributed by atoms with E-state index in [0.29, 0.717) is 24.9 Å². The minimum absolute atomic E-state index is 0.174. The van der Waals surface area contributed by atoms with Crippen molar-refractivity contribution in [2.75, 3.05) is 19.8 Å². The van der Waals surface area contributed by atoms with Crippen LogP contribution in [-0.4, -0.2) is 51.4 Å². The molecule has 3 rings (SSSR count). The van der Waals surface area contributed by atoms with E-state index in [2.05, 4.69) is 55.0 Å². The van der Waals surface area contributed by atoms with Gasteiger partial charge in [-0.25, -0.2) is 0 Å². The Labute approximate surface area is 209 Å². The Hall–Kier alpha value is -2.90. The molecule has 1 aromatic heterocycles. The second-order valence-electron chi connectivity index (χ2n) is 9.55. The van der Waals surface area contributed by atoms with Crippen LogP contribution in [0.5, 0.6) is 5.75 Å². The molecule has 188 valence electrons. The van der Waals surface area contributed by atoms with Crippen molar-refractivity contribution in [3.8, 4) is 28.5 Å². The van der Waals surface area contributed by atoms with Crippen molar-refractivity contribution in [1.82, 2.24) is 20.4 Å². The zero-order valence-electron chi connectivity index (χ0n) is 21.7. The van der Waals surface area contributed by atoms with Crippen LogP contribution < -0.4 is 4.74 Å². The van der Waals surface area contributed by atoms with Crippen molar-refractivity contribution in [2.24, 2.45) is 0 Å². The molecule has 0 N–H and O–H groups in total. The fraction of sp³-hybridized carbons (Fsp3) is 0.500. The Balaban J connectivity index is 1.53.